The minimum absolute atomic E-state index is 0.326. The van der Waals surface area contributed by atoms with Gasteiger partial charge in [0.05, 0.1) is 12.1 Å². The summed E-state index contributed by atoms with van der Waals surface area (Å²) in [5, 5.41) is 10.3. The first kappa shape index (κ1) is 20.3. The summed E-state index contributed by atoms with van der Waals surface area (Å²) in [5.41, 5.74) is 8.02. The van der Waals surface area contributed by atoms with Gasteiger partial charge in [-0.15, -0.1) is 0 Å². The molecule has 0 radical (unpaired) electrons. The van der Waals surface area contributed by atoms with Crippen LogP contribution in [0.3, 0.4) is 0 Å². The van der Waals surface area contributed by atoms with Gasteiger partial charge in [0.2, 0.25) is 0 Å². The van der Waals surface area contributed by atoms with Crippen LogP contribution in [0.5, 0.6) is 5.75 Å². The molecule has 0 aliphatic carbocycles. The summed E-state index contributed by atoms with van der Waals surface area (Å²) in [4.78, 5) is 12.4. The normalized spacial score (nSPS) is 11.1. The molecule has 0 saturated carbocycles. The summed E-state index contributed by atoms with van der Waals surface area (Å²) in [6.45, 7) is 6.75. The molecule has 2 aromatic carbocycles. The molecule has 3 rings (SSSR count). The highest BCUT2D eigenvalue weighted by Crippen LogP contribution is 2.35. The first-order chi connectivity index (χ1) is 13.9. The van der Waals surface area contributed by atoms with E-state index in [0.717, 1.165) is 11.3 Å². The number of nitrogen functional groups attached to an aromatic ring is 1. The number of ether oxygens (including phenoxy) is 1. The number of urea groups is 1. The number of rotatable bonds is 6. The lowest BCUT2D eigenvalue weighted by molar-refractivity contribution is 0.247. The van der Waals surface area contributed by atoms with Crippen LogP contribution in [0.15, 0.2) is 60.7 Å². The number of para-hydroxylation sites is 1. The van der Waals surface area contributed by atoms with Crippen LogP contribution >= 0.6 is 0 Å². The van der Waals surface area contributed by atoms with Crippen molar-refractivity contribution >= 4 is 17.5 Å². The molecule has 29 heavy (non-hydrogen) atoms. The molecule has 4 N–H and O–H groups in total. The number of aromatic nitrogens is 2. The molecule has 2 amide bonds. The minimum atomic E-state index is -0.362. The van der Waals surface area contributed by atoms with Crippen LogP contribution in [-0.2, 0) is 5.54 Å². The maximum atomic E-state index is 12.4. The second kappa shape index (κ2) is 8.68. The summed E-state index contributed by atoms with van der Waals surface area (Å²) in [6, 6.07) is 18.7. The van der Waals surface area contributed by atoms with Crippen molar-refractivity contribution in [2.24, 2.45) is 0 Å². The lowest BCUT2D eigenvalue weighted by atomic mass is 10.1. The predicted octanol–water partition coefficient (Wildman–Crippen LogP) is 4.09. The fourth-order valence-electron chi connectivity index (χ4n) is 2.87. The largest absolute Gasteiger partial charge is 0.492 e. The summed E-state index contributed by atoms with van der Waals surface area (Å²) >= 11 is 0. The summed E-state index contributed by atoms with van der Waals surface area (Å²) in [7, 11) is 0. The van der Waals surface area contributed by atoms with Gasteiger partial charge >= 0.3 is 6.03 Å². The molecule has 1 heterocycles. The Bertz CT molecular complexity index is 947. The lowest BCUT2D eigenvalue weighted by Gasteiger charge is -2.20. The molecule has 152 valence electrons. The maximum absolute atomic E-state index is 12.4. The third-order valence-electron chi connectivity index (χ3n) is 4.24. The number of nitrogens with two attached hydrogens (primary N) is 1. The second-order valence-corrected chi connectivity index (χ2v) is 7.60. The van der Waals surface area contributed by atoms with E-state index in [1.807, 2.05) is 81.4 Å². The monoisotopic (exact) mass is 393 g/mol. The van der Waals surface area contributed by atoms with E-state index in [1.54, 1.807) is 4.68 Å². The number of carbonyl (C=O) groups excluding carboxylic acids is 1. The van der Waals surface area contributed by atoms with Gasteiger partial charge in [-0.3, -0.25) is 0 Å². The first-order valence-corrected chi connectivity index (χ1v) is 9.53. The SMILES string of the molecule is CC(C)(C)n1nc(-c2ccccc2)c(NC(=O)NCCOc2ccccc2)c1N. The lowest BCUT2D eigenvalue weighted by Crippen LogP contribution is -2.32. The van der Waals surface area contributed by atoms with Crippen molar-refractivity contribution in [3.63, 3.8) is 0 Å². The number of nitrogens with zero attached hydrogens (tertiary/aromatic N) is 2. The van der Waals surface area contributed by atoms with Gasteiger partial charge in [-0.05, 0) is 32.9 Å². The zero-order valence-electron chi connectivity index (χ0n) is 17.0. The van der Waals surface area contributed by atoms with Crippen LogP contribution in [0.4, 0.5) is 16.3 Å². The van der Waals surface area contributed by atoms with Crippen LogP contribution < -0.4 is 21.1 Å². The van der Waals surface area contributed by atoms with Crippen molar-refractivity contribution in [3.8, 4) is 17.0 Å². The van der Waals surface area contributed by atoms with Crippen molar-refractivity contribution in [3.05, 3.63) is 60.7 Å². The topological polar surface area (TPSA) is 94.2 Å². The molecule has 0 bridgehead atoms. The Morgan fingerprint density at radius 3 is 2.31 bits per heavy atom. The zero-order chi connectivity index (χ0) is 20.9. The standard InChI is InChI=1S/C22H27N5O2/c1-22(2,3)27-20(23)19(18(26-27)16-10-6-4-7-11-16)25-21(28)24-14-15-29-17-12-8-5-9-13-17/h4-13H,14-15,23H2,1-3H3,(H2,24,25,28). The average molecular weight is 393 g/mol. The fraction of sp³-hybridized carbons (Fsp3) is 0.273. The van der Waals surface area contributed by atoms with Gasteiger partial charge in [0, 0.05) is 5.56 Å². The fourth-order valence-corrected chi connectivity index (χ4v) is 2.87. The Labute approximate surface area is 170 Å². The zero-order valence-corrected chi connectivity index (χ0v) is 17.0. The van der Waals surface area contributed by atoms with Gasteiger partial charge in [-0.25, -0.2) is 9.48 Å². The molecule has 1 aromatic heterocycles. The Balaban J connectivity index is 1.70. The van der Waals surface area contributed by atoms with Crippen molar-refractivity contribution in [2.75, 3.05) is 24.2 Å². The maximum Gasteiger partial charge on any atom is 0.319 e. The Morgan fingerprint density at radius 2 is 1.69 bits per heavy atom. The van der Waals surface area contributed by atoms with Crippen LogP contribution in [0, 0.1) is 0 Å². The van der Waals surface area contributed by atoms with E-state index >= 15 is 0 Å². The van der Waals surface area contributed by atoms with Crippen molar-refractivity contribution in [1.82, 2.24) is 15.1 Å². The molecular formula is C22H27N5O2. The van der Waals surface area contributed by atoms with Gasteiger partial charge < -0.3 is 21.1 Å². The number of carbonyl (C=O) groups is 1. The highest BCUT2D eigenvalue weighted by Gasteiger charge is 2.25. The molecule has 0 spiro atoms. The number of benzene rings is 2. The summed E-state index contributed by atoms with van der Waals surface area (Å²) in [6.07, 6.45) is 0. The van der Waals surface area contributed by atoms with E-state index < -0.39 is 0 Å². The van der Waals surface area contributed by atoms with E-state index in [0.29, 0.717) is 30.4 Å². The smallest absolute Gasteiger partial charge is 0.319 e. The number of amides is 2. The van der Waals surface area contributed by atoms with Crippen LogP contribution in [-0.4, -0.2) is 29.0 Å². The minimum Gasteiger partial charge on any atom is -0.492 e. The molecule has 0 unspecified atom stereocenters. The molecule has 7 nitrogen and oxygen atoms in total. The van der Waals surface area contributed by atoms with E-state index in [-0.39, 0.29) is 11.6 Å². The molecule has 7 heteroatoms. The van der Waals surface area contributed by atoms with E-state index in [2.05, 4.69) is 15.7 Å². The number of hydrogen-bond acceptors (Lipinski definition) is 4. The Hall–Kier alpha value is -3.48. The predicted molar refractivity (Wildman–Crippen MR) is 116 cm³/mol. The van der Waals surface area contributed by atoms with Gasteiger partial charge in [0.15, 0.2) is 0 Å². The van der Waals surface area contributed by atoms with E-state index in [9.17, 15) is 4.79 Å². The molecule has 0 saturated heterocycles. The van der Waals surface area contributed by atoms with Gasteiger partial charge in [-0.1, -0.05) is 48.5 Å². The third kappa shape index (κ3) is 5.07. The molecule has 0 aliphatic rings. The van der Waals surface area contributed by atoms with Crippen LogP contribution in [0.1, 0.15) is 20.8 Å². The van der Waals surface area contributed by atoms with Crippen LogP contribution in [0.2, 0.25) is 0 Å². The first-order valence-electron chi connectivity index (χ1n) is 9.53. The second-order valence-electron chi connectivity index (χ2n) is 7.60. The highest BCUT2D eigenvalue weighted by molar-refractivity contribution is 5.97. The number of anilines is 2. The Morgan fingerprint density at radius 1 is 1.07 bits per heavy atom. The van der Waals surface area contributed by atoms with Gasteiger partial charge in [-0.2, -0.15) is 5.10 Å². The summed E-state index contributed by atoms with van der Waals surface area (Å²) in [5.74, 6) is 1.17. The van der Waals surface area contributed by atoms with Crippen molar-refractivity contribution < 1.29 is 9.53 Å². The number of hydrogen-bond donors (Lipinski definition) is 3. The average Bonchev–Trinajstić information content (AvgIpc) is 3.03. The highest BCUT2D eigenvalue weighted by atomic mass is 16.5. The quantitative estimate of drug-likeness (QED) is 0.550. The van der Waals surface area contributed by atoms with E-state index in [4.69, 9.17) is 10.5 Å². The van der Waals surface area contributed by atoms with Gasteiger partial charge in [0.1, 0.15) is 29.6 Å². The Kier molecular flexibility index (Phi) is 6.07. The van der Waals surface area contributed by atoms with Crippen molar-refractivity contribution in [1.29, 1.82) is 0 Å². The number of nitrogens with one attached hydrogen (secondary N) is 2. The van der Waals surface area contributed by atoms with Gasteiger partial charge in [0.25, 0.3) is 0 Å². The molecular weight excluding hydrogens is 366 g/mol. The van der Waals surface area contributed by atoms with E-state index in [1.165, 1.54) is 0 Å². The summed E-state index contributed by atoms with van der Waals surface area (Å²) < 4.78 is 7.31. The molecule has 0 aliphatic heterocycles. The van der Waals surface area contributed by atoms with Crippen molar-refractivity contribution in [2.45, 2.75) is 26.3 Å². The molecule has 0 atom stereocenters. The molecule has 0 fully saturated rings. The third-order valence-corrected chi connectivity index (χ3v) is 4.24. The molecule has 3 aromatic rings. The van der Waals surface area contributed by atoms with Crippen LogP contribution in [0.25, 0.3) is 11.3 Å².